The van der Waals surface area contributed by atoms with E-state index < -0.39 is 30.3 Å². The number of amides is 1. The van der Waals surface area contributed by atoms with Gasteiger partial charge in [0.05, 0.1) is 16.7 Å². The Hall–Kier alpha value is -3.18. The third-order valence-electron chi connectivity index (χ3n) is 5.32. The van der Waals surface area contributed by atoms with Crippen LogP contribution in [0.1, 0.15) is 25.9 Å². The van der Waals surface area contributed by atoms with E-state index >= 15 is 0 Å². The van der Waals surface area contributed by atoms with Crippen LogP contribution in [0.2, 0.25) is 5.15 Å². The summed E-state index contributed by atoms with van der Waals surface area (Å²) in [6.45, 7) is 0.317. The molecule has 0 saturated carbocycles. The molecule has 33 heavy (non-hydrogen) atoms. The Balaban J connectivity index is 1.40. The number of halogens is 4. The summed E-state index contributed by atoms with van der Waals surface area (Å²) < 4.78 is 60.1. The first-order valence-corrected chi connectivity index (χ1v) is 10.2. The summed E-state index contributed by atoms with van der Waals surface area (Å²) in [6.07, 6.45) is -4.83. The summed E-state index contributed by atoms with van der Waals surface area (Å²) in [5.41, 5.74) is -1.18. The minimum atomic E-state index is -4.83. The number of nitrogens with one attached hydrogen (secondary N) is 2. The van der Waals surface area contributed by atoms with Crippen molar-refractivity contribution < 1.29 is 22.1 Å². The number of hydrogen-bond donors (Lipinski definition) is 2. The second kappa shape index (κ2) is 8.99. The lowest BCUT2D eigenvalue weighted by atomic mass is 10.1. The summed E-state index contributed by atoms with van der Waals surface area (Å²) in [7, 11) is 0. The molecule has 0 atom stereocenters. The van der Waals surface area contributed by atoms with E-state index in [0.717, 1.165) is 5.56 Å². The zero-order valence-corrected chi connectivity index (χ0v) is 17.8. The molecule has 174 valence electrons. The number of fused-ring (bicyclic) bond motifs is 1. The molecule has 1 aliphatic rings. The number of pyridine rings is 1. The van der Waals surface area contributed by atoms with Gasteiger partial charge in [0.2, 0.25) is 5.69 Å². The van der Waals surface area contributed by atoms with Crippen LogP contribution in [0, 0.1) is 0 Å². The highest BCUT2D eigenvalue weighted by molar-refractivity contribution is 6.32. The number of H-pyrrole nitrogens is 1. The third-order valence-corrected chi connectivity index (χ3v) is 5.60. The fourth-order valence-corrected chi connectivity index (χ4v) is 3.96. The molecule has 0 aliphatic carbocycles. The molecule has 3 heterocycles. The molecule has 8 nitrogen and oxygen atoms in total. The molecule has 0 radical (unpaired) electrons. The largest absolute Gasteiger partial charge is 0.438 e. The van der Waals surface area contributed by atoms with Gasteiger partial charge >= 0.3 is 6.18 Å². The molecule has 0 spiro atoms. The highest BCUT2D eigenvalue weighted by atomic mass is 35.5. The van der Waals surface area contributed by atoms with Crippen molar-refractivity contribution >= 4 is 34.2 Å². The molecule has 1 amide bonds. The van der Waals surface area contributed by atoms with E-state index in [0.29, 0.717) is 38.4 Å². The number of nitrogens with zero attached hydrogens (tertiary/aromatic N) is 4. The monoisotopic (exact) mass is 483 g/mol. The molecule has 12 heteroatoms. The first kappa shape index (κ1) is 19.3. The fourth-order valence-electron chi connectivity index (χ4n) is 3.68. The van der Waals surface area contributed by atoms with E-state index in [1.54, 1.807) is 18.2 Å². The lowest BCUT2D eigenvalue weighted by molar-refractivity contribution is -0.142. The van der Waals surface area contributed by atoms with E-state index in [9.17, 15) is 22.8 Å². The van der Waals surface area contributed by atoms with Crippen LogP contribution in [0.15, 0.2) is 35.1 Å². The van der Waals surface area contributed by atoms with Gasteiger partial charge in [-0.1, -0.05) is 17.7 Å². The number of piperazine rings is 1. The Morgan fingerprint density at radius 3 is 2.64 bits per heavy atom. The zero-order chi connectivity index (χ0) is 26.3. The fraction of sp³-hybridized carbons (Fsp3) is 0.333. The molecular formula is C21H20ClF3N6O2. The first-order chi connectivity index (χ1) is 16.8. The van der Waals surface area contributed by atoms with Crippen molar-refractivity contribution in [3.8, 4) is 0 Å². The van der Waals surface area contributed by atoms with Gasteiger partial charge in [-0.25, -0.2) is 9.97 Å². The Morgan fingerprint density at radius 2 is 1.97 bits per heavy atom. The van der Waals surface area contributed by atoms with Gasteiger partial charge in [0, 0.05) is 43.8 Å². The van der Waals surface area contributed by atoms with Crippen molar-refractivity contribution in [2.24, 2.45) is 0 Å². The summed E-state index contributed by atoms with van der Waals surface area (Å²) in [4.78, 5) is 37.6. The minimum Gasteiger partial charge on any atom is -0.366 e. The van der Waals surface area contributed by atoms with Gasteiger partial charge in [-0.2, -0.15) is 13.2 Å². The quantitative estimate of drug-likeness (QED) is 0.554. The highest BCUT2D eigenvalue weighted by Crippen LogP contribution is 2.27. The highest BCUT2D eigenvalue weighted by Gasteiger charge is 2.36. The maximum atomic E-state index is 12.9. The topological polar surface area (TPSA) is 94.2 Å². The number of hydrogen-bond acceptors (Lipinski definition) is 6. The summed E-state index contributed by atoms with van der Waals surface area (Å²) >= 11 is 6.26. The average Bonchev–Trinajstić information content (AvgIpc) is 2.77. The van der Waals surface area contributed by atoms with E-state index in [1.165, 1.54) is 12.1 Å². The minimum absolute atomic E-state index is 0.0497. The van der Waals surface area contributed by atoms with Crippen LogP contribution < -0.4 is 15.8 Å². The predicted octanol–water partition coefficient (Wildman–Crippen LogP) is 2.67. The van der Waals surface area contributed by atoms with E-state index in [4.69, 9.17) is 15.7 Å². The van der Waals surface area contributed by atoms with Crippen LogP contribution >= 0.6 is 11.6 Å². The van der Waals surface area contributed by atoms with Crippen LogP contribution in [-0.2, 0) is 12.7 Å². The molecular weight excluding hydrogens is 461 g/mol. The Kier molecular flexibility index (Phi) is 5.26. The van der Waals surface area contributed by atoms with Crippen molar-refractivity contribution in [2.45, 2.75) is 12.7 Å². The van der Waals surface area contributed by atoms with Crippen molar-refractivity contribution in [3.05, 3.63) is 62.8 Å². The lowest BCUT2D eigenvalue weighted by Crippen LogP contribution is -2.46. The maximum absolute atomic E-state index is 12.9. The summed E-state index contributed by atoms with van der Waals surface area (Å²) in [5.74, 6) is -0.852. The number of anilines is 1. The Bertz CT molecular complexity index is 1360. The van der Waals surface area contributed by atoms with Gasteiger partial charge in [-0.05, 0) is 29.8 Å². The molecule has 4 rings (SSSR count). The summed E-state index contributed by atoms with van der Waals surface area (Å²) in [5, 5.41) is 1.94. The van der Waals surface area contributed by atoms with Gasteiger partial charge in [0.15, 0.2) is 5.15 Å². The van der Waals surface area contributed by atoms with Gasteiger partial charge in [0.25, 0.3) is 11.5 Å². The SMILES string of the molecule is [2H]C([2H])([2H])NC(=O)c1ccc(N2CCN(Cc3ccc4nc(C(F)(F)F)c(=O)[nH]c4c3)CC2)c(Cl)n1. The Morgan fingerprint density at radius 1 is 1.21 bits per heavy atom. The van der Waals surface area contributed by atoms with Crippen molar-refractivity contribution in [2.75, 3.05) is 38.1 Å². The van der Waals surface area contributed by atoms with Gasteiger partial charge in [-0.15, -0.1) is 0 Å². The van der Waals surface area contributed by atoms with E-state index in [-0.39, 0.29) is 21.9 Å². The summed E-state index contributed by atoms with van der Waals surface area (Å²) in [6, 6.07) is 7.75. The molecule has 0 unspecified atom stereocenters. The van der Waals surface area contributed by atoms with Crippen molar-refractivity contribution in [3.63, 3.8) is 0 Å². The second-order valence-electron chi connectivity index (χ2n) is 7.49. The number of benzene rings is 1. The van der Waals surface area contributed by atoms with Gasteiger partial charge in [-0.3, -0.25) is 14.5 Å². The van der Waals surface area contributed by atoms with Crippen molar-refractivity contribution in [1.29, 1.82) is 0 Å². The van der Waals surface area contributed by atoms with Crippen LogP contribution in [0.4, 0.5) is 18.9 Å². The van der Waals surface area contributed by atoms with Crippen LogP contribution in [0.3, 0.4) is 0 Å². The number of aromatic amines is 1. The van der Waals surface area contributed by atoms with Crippen molar-refractivity contribution in [1.82, 2.24) is 25.2 Å². The molecule has 1 fully saturated rings. The molecule has 0 bridgehead atoms. The molecule has 2 aromatic heterocycles. The van der Waals surface area contributed by atoms with Crippen LogP contribution in [0.5, 0.6) is 0 Å². The normalized spacial score (nSPS) is 16.8. The standard InChI is InChI=1S/C21H20ClF3N6O2/c1-26-19(32)14-4-5-16(18(22)28-14)31-8-6-30(7-9-31)11-12-2-3-13-15(10-12)29-20(33)17(27-13)21(23,24)25/h2-5,10H,6-9,11H2,1H3,(H,26,32)(H,29,33)/i1D3. The van der Waals surface area contributed by atoms with Crippen LogP contribution in [0.25, 0.3) is 11.0 Å². The second-order valence-corrected chi connectivity index (χ2v) is 7.85. The molecule has 1 aromatic carbocycles. The zero-order valence-electron chi connectivity index (χ0n) is 20.0. The number of carbonyl (C=O) groups excluding carboxylic acids is 1. The van der Waals surface area contributed by atoms with E-state index in [1.807, 2.05) is 10.2 Å². The molecule has 2 N–H and O–H groups in total. The third kappa shape index (κ3) is 4.93. The number of alkyl halides is 3. The lowest BCUT2D eigenvalue weighted by Gasteiger charge is -2.36. The number of rotatable bonds is 4. The molecule has 3 aromatic rings. The van der Waals surface area contributed by atoms with E-state index in [2.05, 4.69) is 19.9 Å². The molecule has 1 aliphatic heterocycles. The number of aromatic nitrogens is 3. The smallest absolute Gasteiger partial charge is 0.366 e. The van der Waals surface area contributed by atoms with Gasteiger partial charge < -0.3 is 15.2 Å². The predicted molar refractivity (Wildman–Crippen MR) is 117 cm³/mol. The number of carbonyl (C=O) groups is 1. The van der Waals surface area contributed by atoms with Crippen LogP contribution in [-0.4, -0.2) is 58.9 Å². The average molecular weight is 484 g/mol. The maximum Gasteiger partial charge on any atom is 0.438 e. The first-order valence-electron chi connectivity index (χ1n) is 11.4. The van der Waals surface area contributed by atoms with Gasteiger partial charge in [0.1, 0.15) is 5.69 Å². The Labute approximate surface area is 195 Å². The molecule has 1 saturated heterocycles.